The lowest BCUT2D eigenvalue weighted by molar-refractivity contribution is 0.308. The molecule has 2 atom stereocenters. The monoisotopic (exact) mass is 233 g/mol. The van der Waals surface area contributed by atoms with E-state index in [1.165, 1.54) is 11.1 Å². The van der Waals surface area contributed by atoms with E-state index in [-0.39, 0.29) is 0 Å². The van der Waals surface area contributed by atoms with Crippen LogP contribution in [0.1, 0.15) is 56.7 Å². The van der Waals surface area contributed by atoms with Crippen LogP contribution in [0.25, 0.3) is 0 Å². The Bertz CT molecular complexity index is 375. The van der Waals surface area contributed by atoms with Crippen LogP contribution in [-0.4, -0.2) is 13.2 Å². The molecule has 17 heavy (non-hydrogen) atoms. The molecule has 0 aromatic heterocycles. The molecular weight excluding hydrogens is 210 g/mol. The van der Waals surface area contributed by atoms with Gasteiger partial charge in [-0.2, -0.15) is 0 Å². The molecule has 1 N–H and O–H groups in total. The predicted molar refractivity (Wildman–Crippen MR) is 71.7 cm³/mol. The van der Waals surface area contributed by atoms with Crippen molar-refractivity contribution in [3.63, 3.8) is 0 Å². The lowest BCUT2D eigenvalue weighted by Crippen LogP contribution is -2.22. The number of rotatable bonds is 5. The Morgan fingerprint density at radius 2 is 2.24 bits per heavy atom. The Morgan fingerprint density at radius 3 is 2.94 bits per heavy atom. The van der Waals surface area contributed by atoms with Gasteiger partial charge in [-0.3, -0.25) is 0 Å². The Balaban J connectivity index is 2.23. The molecule has 1 aromatic carbocycles. The molecule has 1 aliphatic rings. The smallest absolute Gasteiger partial charge is 0.127 e. The molecule has 1 aliphatic heterocycles. The highest BCUT2D eigenvalue weighted by atomic mass is 16.5. The van der Waals surface area contributed by atoms with Crippen molar-refractivity contribution in [2.45, 2.75) is 45.6 Å². The molecule has 2 heteroatoms. The molecule has 0 radical (unpaired) electrons. The molecule has 0 aliphatic carbocycles. The number of ether oxygens (including phenoxy) is 1. The Kier molecular flexibility index (Phi) is 4.06. The van der Waals surface area contributed by atoms with E-state index in [0.717, 1.165) is 31.7 Å². The van der Waals surface area contributed by atoms with Gasteiger partial charge in [-0.25, -0.2) is 0 Å². The molecule has 2 nitrogen and oxygen atoms in total. The minimum atomic E-state index is 0.383. The summed E-state index contributed by atoms with van der Waals surface area (Å²) >= 11 is 0. The van der Waals surface area contributed by atoms with Crippen molar-refractivity contribution in [2.24, 2.45) is 0 Å². The summed E-state index contributed by atoms with van der Waals surface area (Å²) in [5.74, 6) is 1.71. The van der Waals surface area contributed by atoms with Crippen LogP contribution in [0.4, 0.5) is 0 Å². The van der Waals surface area contributed by atoms with Crippen molar-refractivity contribution in [1.82, 2.24) is 5.32 Å². The number of benzene rings is 1. The largest absolute Gasteiger partial charge is 0.491 e. The fourth-order valence-electron chi connectivity index (χ4n) is 2.37. The molecule has 0 amide bonds. The van der Waals surface area contributed by atoms with Gasteiger partial charge in [-0.15, -0.1) is 0 Å². The molecular formula is C15H23NO. The van der Waals surface area contributed by atoms with Crippen LogP contribution in [0.2, 0.25) is 0 Å². The third kappa shape index (κ3) is 2.47. The van der Waals surface area contributed by atoms with Crippen molar-refractivity contribution in [2.75, 3.05) is 13.2 Å². The summed E-state index contributed by atoms with van der Waals surface area (Å²) < 4.78 is 5.90. The maximum atomic E-state index is 5.90. The first-order valence-corrected chi connectivity index (χ1v) is 6.76. The van der Waals surface area contributed by atoms with Gasteiger partial charge in [0, 0.05) is 5.56 Å². The maximum absolute atomic E-state index is 5.90. The number of nitrogens with one attached hydrogen (secondary N) is 1. The molecule has 0 fully saturated rings. The van der Waals surface area contributed by atoms with Crippen LogP contribution < -0.4 is 10.1 Å². The van der Waals surface area contributed by atoms with Crippen LogP contribution in [-0.2, 0) is 0 Å². The highest BCUT2D eigenvalue weighted by Gasteiger charge is 2.26. The summed E-state index contributed by atoms with van der Waals surface area (Å²) in [7, 11) is 0. The van der Waals surface area contributed by atoms with E-state index in [9.17, 15) is 0 Å². The number of fused-ring (bicyclic) bond motifs is 1. The predicted octanol–water partition coefficient (Wildman–Crippen LogP) is 3.63. The highest BCUT2D eigenvalue weighted by Crippen LogP contribution is 2.39. The Morgan fingerprint density at radius 1 is 1.41 bits per heavy atom. The summed E-state index contributed by atoms with van der Waals surface area (Å²) in [6.07, 6.45) is 2.32. The summed E-state index contributed by atoms with van der Waals surface area (Å²) in [4.78, 5) is 0. The van der Waals surface area contributed by atoms with Crippen molar-refractivity contribution in [3.8, 4) is 5.75 Å². The number of para-hydroxylation sites is 1. The quantitative estimate of drug-likeness (QED) is 0.838. The Labute approximate surface area is 104 Å². The van der Waals surface area contributed by atoms with E-state index < -0.39 is 0 Å². The van der Waals surface area contributed by atoms with Gasteiger partial charge in [-0.05, 0) is 30.9 Å². The molecule has 2 unspecified atom stereocenters. The van der Waals surface area contributed by atoms with E-state index in [0.29, 0.717) is 12.0 Å². The average Bonchev–Trinajstić information content (AvgIpc) is 2.78. The fraction of sp³-hybridized carbons (Fsp3) is 0.600. The van der Waals surface area contributed by atoms with Gasteiger partial charge in [0.25, 0.3) is 0 Å². The first-order valence-electron chi connectivity index (χ1n) is 6.76. The zero-order valence-corrected chi connectivity index (χ0v) is 11.1. The molecule has 94 valence electrons. The molecule has 0 bridgehead atoms. The van der Waals surface area contributed by atoms with E-state index in [1.54, 1.807) is 0 Å². The molecule has 1 aromatic rings. The summed E-state index contributed by atoms with van der Waals surface area (Å²) in [5.41, 5.74) is 2.71. The van der Waals surface area contributed by atoms with Crippen LogP contribution in [0, 0.1) is 0 Å². The van der Waals surface area contributed by atoms with Gasteiger partial charge in [0.15, 0.2) is 0 Å². The topological polar surface area (TPSA) is 21.3 Å². The summed E-state index contributed by atoms with van der Waals surface area (Å²) in [5, 5.41) is 3.55. The van der Waals surface area contributed by atoms with E-state index in [4.69, 9.17) is 4.74 Å². The van der Waals surface area contributed by atoms with Crippen LogP contribution in [0.5, 0.6) is 5.75 Å². The van der Waals surface area contributed by atoms with E-state index in [1.807, 2.05) is 0 Å². The number of hydrogen-bond donors (Lipinski definition) is 1. The first kappa shape index (κ1) is 12.4. The van der Waals surface area contributed by atoms with Crippen molar-refractivity contribution < 1.29 is 4.74 Å². The van der Waals surface area contributed by atoms with Gasteiger partial charge < -0.3 is 10.1 Å². The molecule has 0 spiro atoms. The molecule has 0 saturated heterocycles. The minimum Gasteiger partial charge on any atom is -0.491 e. The summed E-state index contributed by atoms with van der Waals surface area (Å²) in [6, 6.07) is 6.95. The average molecular weight is 233 g/mol. The van der Waals surface area contributed by atoms with Gasteiger partial charge >= 0.3 is 0 Å². The maximum Gasteiger partial charge on any atom is 0.127 e. The summed E-state index contributed by atoms with van der Waals surface area (Å²) in [6.45, 7) is 8.53. The second kappa shape index (κ2) is 5.54. The zero-order valence-electron chi connectivity index (χ0n) is 11.1. The first-order chi connectivity index (χ1) is 8.27. The third-order valence-corrected chi connectivity index (χ3v) is 3.63. The van der Waals surface area contributed by atoms with Crippen LogP contribution >= 0.6 is 0 Å². The van der Waals surface area contributed by atoms with Crippen molar-refractivity contribution >= 4 is 0 Å². The molecule has 2 rings (SSSR count). The lowest BCUT2D eigenvalue weighted by Gasteiger charge is -2.14. The zero-order chi connectivity index (χ0) is 12.3. The van der Waals surface area contributed by atoms with Crippen LogP contribution in [0.3, 0.4) is 0 Å². The standard InChI is InChI=1S/C15H23NO/c1-4-9-16-14-10-17-15-12(11(3)5-2)7-6-8-13(14)15/h6-8,11,14,16H,4-5,9-10H2,1-3H3. The van der Waals surface area contributed by atoms with Gasteiger partial charge in [0.2, 0.25) is 0 Å². The lowest BCUT2D eigenvalue weighted by atomic mass is 9.94. The minimum absolute atomic E-state index is 0.383. The van der Waals surface area contributed by atoms with E-state index >= 15 is 0 Å². The SMILES string of the molecule is CCCNC1COc2c(C(C)CC)cccc21. The van der Waals surface area contributed by atoms with Gasteiger partial charge in [0.1, 0.15) is 12.4 Å². The van der Waals surface area contributed by atoms with E-state index in [2.05, 4.69) is 44.3 Å². The highest BCUT2D eigenvalue weighted by molar-refractivity contribution is 5.47. The number of hydrogen-bond acceptors (Lipinski definition) is 2. The third-order valence-electron chi connectivity index (χ3n) is 3.63. The second-order valence-corrected chi connectivity index (χ2v) is 4.89. The Hall–Kier alpha value is -1.02. The molecule has 1 heterocycles. The van der Waals surface area contributed by atoms with Crippen LogP contribution in [0.15, 0.2) is 18.2 Å². The molecule has 0 saturated carbocycles. The second-order valence-electron chi connectivity index (χ2n) is 4.89. The van der Waals surface area contributed by atoms with Crippen molar-refractivity contribution in [1.29, 1.82) is 0 Å². The fourth-order valence-corrected chi connectivity index (χ4v) is 2.37. The van der Waals surface area contributed by atoms with Gasteiger partial charge in [0.05, 0.1) is 6.04 Å². The van der Waals surface area contributed by atoms with Gasteiger partial charge in [-0.1, -0.05) is 39.0 Å². The normalized spacial score (nSPS) is 19.8. The van der Waals surface area contributed by atoms with Crippen molar-refractivity contribution in [3.05, 3.63) is 29.3 Å².